The molecule has 4 rings (SSSR count). The maximum absolute atomic E-state index is 10.2. The molecule has 3 nitrogen and oxygen atoms in total. The number of aryl methyl sites for hydroxylation is 2. The highest BCUT2D eigenvalue weighted by Crippen LogP contribution is 2.63. The van der Waals surface area contributed by atoms with Crippen molar-refractivity contribution in [3.63, 3.8) is 0 Å². The molecular formula is C23H26N2O. The molecule has 0 bridgehead atoms. The number of hydrogen-bond acceptors (Lipinski definition) is 2. The number of rotatable bonds is 1. The first kappa shape index (κ1) is 17.2. The Hall–Kier alpha value is -2.26. The van der Waals surface area contributed by atoms with Crippen LogP contribution in [0.25, 0.3) is 4.85 Å². The van der Waals surface area contributed by atoms with Gasteiger partial charge in [-0.25, -0.2) is 10.1 Å². The molecule has 0 radical (unpaired) electrons. The van der Waals surface area contributed by atoms with Crippen molar-refractivity contribution in [3.8, 4) is 11.8 Å². The van der Waals surface area contributed by atoms with E-state index in [0.717, 1.165) is 56.1 Å². The van der Waals surface area contributed by atoms with Gasteiger partial charge in [0.1, 0.15) is 5.75 Å². The molecule has 134 valence electrons. The van der Waals surface area contributed by atoms with Crippen LogP contribution in [-0.4, -0.2) is 5.11 Å². The average molecular weight is 346 g/mol. The molecule has 0 amide bonds. The lowest BCUT2D eigenvalue weighted by atomic mass is 9.55. The van der Waals surface area contributed by atoms with E-state index in [9.17, 15) is 10.4 Å². The SMILES string of the molecule is [C-]#[N+]C(C#N)=C1CC[C@H]2[C@@H]3CCc4cc(O)c(CC)cc4[C@H]3CC[C@]12C. The van der Waals surface area contributed by atoms with Gasteiger partial charge in [-0.3, -0.25) is 0 Å². The molecule has 26 heavy (non-hydrogen) atoms. The van der Waals surface area contributed by atoms with Gasteiger partial charge in [-0.2, -0.15) is 0 Å². The summed E-state index contributed by atoms with van der Waals surface area (Å²) in [5.41, 5.74) is 5.36. The molecule has 0 aromatic heterocycles. The number of phenolic OH excluding ortho intramolecular Hbond substituents is 1. The van der Waals surface area contributed by atoms with E-state index < -0.39 is 0 Å². The number of fused-ring (bicyclic) bond motifs is 5. The fraction of sp³-hybridized carbons (Fsp3) is 0.565. The molecule has 1 aromatic rings. The summed E-state index contributed by atoms with van der Waals surface area (Å²) in [6, 6.07) is 6.42. The van der Waals surface area contributed by atoms with Crippen molar-refractivity contribution in [1.82, 2.24) is 0 Å². The number of phenols is 1. The van der Waals surface area contributed by atoms with Crippen molar-refractivity contribution in [3.05, 3.63) is 51.5 Å². The van der Waals surface area contributed by atoms with Crippen LogP contribution < -0.4 is 0 Å². The van der Waals surface area contributed by atoms with Gasteiger partial charge in [0.05, 0.1) is 12.6 Å². The van der Waals surface area contributed by atoms with E-state index >= 15 is 0 Å². The zero-order chi connectivity index (χ0) is 18.5. The van der Waals surface area contributed by atoms with Gasteiger partial charge in [-0.1, -0.05) is 19.9 Å². The molecule has 3 heteroatoms. The van der Waals surface area contributed by atoms with Crippen LogP contribution >= 0.6 is 0 Å². The normalized spacial score (nSPS) is 34.1. The van der Waals surface area contributed by atoms with Crippen molar-refractivity contribution in [2.45, 2.75) is 64.7 Å². The Labute approximate surface area is 156 Å². The second-order valence-electron chi connectivity index (χ2n) is 8.49. The van der Waals surface area contributed by atoms with Crippen molar-refractivity contribution in [2.75, 3.05) is 0 Å². The Bertz CT molecular complexity index is 853. The molecule has 0 unspecified atom stereocenters. The Balaban J connectivity index is 1.74. The fourth-order valence-corrected chi connectivity index (χ4v) is 6.30. The first-order valence-electron chi connectivity index (χ1n) is 9.89. The number of benzene rings is 1. The standard InChI is InChI=1S/C23H26N2O/c1-4-14-11-18-15(12-22(14)26)5-6-17-16(18)9-10-23(2)19(17)7-8-20(23)21(13-24)25-3/h11-12,16-17,19,26H,4-10H2,1-2H3/t16-,17+,19-,23-/m0/s1. The summed E-state index contributed by atoms with van der Waals surface area (Å²) in [5.74, 6) is 2.24. The summed E-state index contributed by atoms with van der Waals surface area (Å²) in [6.45, 7) is 11.8. The van der Waals surface area contributed by atoms with E-state index in [1.807, 2.05) is 6.07 Å². The highest BCUT2D eigenvalue weighted by molar-refractivity contribution is 5.47. The second kappa shape index (κ2) is 6.17. The van der Waals surface area contributed by atoms with Gasteiger partial charge in [0.25, 0.3) is 5.70 Å². The molecule has 0 saturated heterocycles. The number of nitrogens with zero attached hydrogens (tertiary/aromatic N) is 2. The summed E-state index contributed by atoms with van der Waals surface area (Å²) >= 11 is 0. The molecule has 1 aromatic carbocycles. The maximum atomic E-state index is 10.2. The predicted octanol–water partition coefficient (Wildman–Crippen LogP) is 5.51. The summed E-state index contributed by atoms with van der Waals surface area (Å²) in [6.07, 6.45) is 7.28. The molecule has 0 spiro atoms. The first-order chi connectivity index (χ1) is 12.5. The lowest BCUT2D eigenvalue weighted by molar-refractivity contribution is 0.0811. The summed E-state index contributed by atoms with van der Waals surface area (Å²) in [5, 5.41) is 19.6. The molecule has 2 saturated carbocycles. The van der Waals surface area contributed by atoms with Crippen LogP contribution in [-0.2, 0) is 12.8 Å². The highest BCUT2D eigenvalue weighted by atomic mass is 16.3. The summed E-state index contributed by atoms with van der Waals surface area (Å²) in [7, 11) is 0. The third kappa shape index (κ3) is 2.30. The van der Waals surface area contributed by atoms with Gasteiger partial charge in [-0.15, -0.1) is 0 Å². The monoisotopic (exact) mass is 346 g/mol. The molecule has 4 atom stereocenters. The fourth-order valence-electron chi connectivity index (χ4n) is 6.30. The van der Waals surface area contributed by atoms with E-state index in [-0.39, 0.29) is 5.41 Å². The van der Waals surface area contributed by atoms with E-state index in [2.05, 4.69) is 30.8 Å². The van der Waals surface area contributed by atoms with Crippen molar-refractivity contribution >= 4 is 0 Å². The zero-order valence-corrected chi connectivity index (χ0v) is 15.7. The Kier molecular flexibility index (Phi) is 4.07. The van der Waals surface area contributed by atoms with E-state index in [0.29, 0.717) is 29.2 Å². The van der Waals surface area contributed by atoms with E-state index in [4.69, 9.17) is 6.57 Å². The first-order valence-corrected chi connectivity index (χ1v) is 9.89. The lowest BCUT2D eigenvalue weighted by Crippen LogP contribution is -2.40. The topological polar surface area (TPSA) is 48.4 Å². The second-order valence-corrected chi connectivity index (χ2v) is 8.49. The van der Waals surface area contributed by atoms with Crippen molar-refractivity contribution in [1.29, 1.82) is 5.26 Å². The van der Waals surface area contributed by atoms with Crippen LogP contribution in [0.15, 0.2) is 23.4 Å². The quantitative estimate of drug-likeness (QED) is 0.538. The molecule has 3 aliphatic carbocycles. The van der Waals surface area contributed by atoms with Crippen LogP contribution in [0.3, 0.4) is 0 Å². The largest absolute Gasteiger partial charge is 0.508 e. The number of hydrogen-bond donors (Lipinski definition) is 1. The maximum Gasteiger partial charge on any atom is 0.261 e. The minimum atomic E-state index is 0.0266. The summed E-state index contributed by atoms with van der Waals surface area (Å²) < 4.78 is 0. The lowest BCUT2D eigenvalue weighted by Gasteiger charge is -2.50. The van der Waals surface area contributed by atoms with Gasteiger partial charge in [0, 0.05) is 0 Å². The van der Waals surface area contributed by atoms with E-state index in [1.54, 1.807) is 0 Å². The van der Waals surface area contributed by atoms with Crippen LogP contribution in [0.1, 0.15) is 68.6 Å². The van der Waals surface area contributed by atoms with Crippen molar-refractivity contribution < 1.29 is 5.11 Å². The minimum Gasteiger partial charge on any atom is -0.508 e. The van der Waals surface area contributed by atoms with Gasteiger partial charge in [-0.05, 0) is 96.4 Å². The Morgan fingerprint density at radius 2 is 2.15 bits per heavy atom. The molecule has 2 fully saturated rings. The predicted molar refractivity (Wildman–Crippen MR) is 101 cm³/mol. The van der Waals surface area contributed by atoms with Gasteiger partial charge in [0.15, 0.2) is 0 Å². The van der Waals surface area contributed by atoms with E-state index in [1.165, 1.54) is 11.1 Å². The Morgan fingerprint density at radius 1 is 1.35 bits per heavy atom. The molecule has 0 heterocycles. The zero-order valence-electron chi connectivity index (χ0n) is 15.7. The number of aromatic hydroxyl groups is 1. The highest BCUT2D eigenvalue weighted by Gasteiger charge is 2.53. The average Bonchev–Trinajstić information content (AvgIpc) is 2.99. The molecular weight excluding hydrogens is 320 g/mol. The smallest absolute Gasteiger partial charge is 0.261 e. The summed E-state index contributed by atoms with van der Waals surface area (Å²) in [4.78, 5) is 3.54. The third-order valence-corrected chi connectivity index (χ3v) is 7.59. The molecule has 0 aliphatic heterocycles. The van der Waals surface area contributed by atoms with Gasteiger partial charge >= 0.3 is 0 Å². The van der Waals surface area contributed by atoms with Crippen LogP contribution in [0.2, 0.25) is 0 Å². The third-order valence-electron chi connectivity index (χ3n) is 7.59. The minimum absolute atomic E-state index is 0.0266. The molecule has 3 aliphatic rings. The van der Waals surface area contributed by atoms with Crippen LogP contribution in [0, 0.1) is 35.2 Å². The number of allylic oxidation sites excluding steroid dienone is 2. The number of nitriles is 1. The van der Waals surface area contributed by atoms with Gasteiger partial charge in [0.2, 0.25) is 0 Å². The van der Waals surface area contributed by atoms with Crippen LogP contribution in [0.4, 0.5) is 0 Å². The van der Waals surface area contributed by atoms with Crippen LogP contribution in [0.5, 0.6) is 5.75 Å². The van der Waals surface area contributed by atoms with Gasteiger partial charge < -0.3 is 5.11 Å². The molecule has 1 N–H and O–H groups in total. The van der Waals surface area contributed by atoms with Crippen molar-refractivity contribution in [2.24, 2.45) is 17.3 Å². The Morgan fingerprint density at radius 3 is 2.85 bits per heavy atom.